The van der Waals surface area contributed by atoms with Crippen molar-refractivity contribution < 1.29 is 8.78 Å². The van der Waals surface area contributed by atoms with Gasteiger partial charge in [-0.25, -0.2) is 13.8 Å². The van der Waals surface area contributed by atoms with Crippen molar-refractivity contribution in [2.24, 2.45) is 0 Å². The molecule has 0 bridgehead atoms. The number of anilines is 1. The van der Waals surface area contributed by atoms with Crippen molar-refractivity contribution in [1.82, 2.24) is 4.98 Å². The number of nitrogens with zero attached hydrogens (tertiary/aromatic N) is 2. The van der Waals surface area contributed by atoms with E-state index < -0.39 is 11.6 Å². The van der Waals surface area contributed by atoms with Gasteiger partial charge in [0.2, 0.25) is 0 Å². The standard InChI is InChI=1S/C12H7F2N3S/c13-8-1-2-11(9(14)4-8)18-12-10(16)3-7(5-15)6-17-12/h1-4,6H,16H2. The van der Waals surface area contributed by atoms with Crippen LogP contribution in [0.4, 0.5) is 14.5 Å². The number of aromatic nitrogens is 1. The number of nitrogens with two attached hydrogens (primary N) is 1. The fourth-order valence-corrected chi connectivity index (χ4v) is 2.06. The first kappa shape index (κ1) is 12.3. The lowest BCUT2D eigenvalue weighted by molar-refractivity contribution is 0.565. The van der Waals surface area contributed by atoms with Crippen LogP contribution in [0.25, 0.3) is 0 Å². The van der Waals surface area contributed by atoms with E-state index in [4.69, 9.17) is 11.0 Å². The lowest BCUT2D eigenvalue weighted by Crippen LogP contribution is -1.94. The first-order valence-corrected chi connectivity index (χ1v) is 5.70. The smallest absolute Gasteiger partial charge is 0.140 e. The van der Waals surface area contributed by atoms with Gasteiger partial charge in [-0.05, 0) is 18.2 Å². The fraction of sp³-hybridized carbons (Fsp3) is 0. The summed E-state index contributed by atoms with van der Waals surface area (Å²) in [5, 5.41) is 9.04. The minimum atomic E-state index is -0.675. The van der Waals surface area contributed by atoms with Gasteiger partial charge in [0.15, 0.2) is 0 Å². The Morgan fingerprint density at radius 1 is 1.28 bits per heavy atom. The van der Waals surface area contributed by atoms with Crippen molar-refractivity contribution >= 4 is 17.4 Å². The molecule has 0 radical (unpaired) electrons. The van der Waals surface area contributed by atoms with Crippen molar-refractivity contribution in [3.63, 3.8) is 0 Å². The molecular weight excluding hydrogens is 256 g/mol. The van der Waals surface area contributed by atoms with Gasteiger partial charge in [0.1, 0.15) is 22.7 Å². The summed E-state index contributed by atoms with van der Waals surface area (Å²) < 4.78 is 26.2. The Bertz CT molecular complexity index is 638. The SMILES string of the molecule is N#Cc1cnc(Sc2ccc(F)cc2F)c(N)c1. The summed E-state index contributed by atoms with van der Waals surface area (Å²) in [4.78, 5) is 4.19. The molecule has 6 heteroatoms. The highest BCUT2D eigenvalue weighted by molar-refractivity contribution is 7.99. The lowest BCUT2D eigenvalue weighted by atomic mass is 10.3. The predicted octanol–water partition coefficient (Wildman–Crippen LogP) is 2.96. The molecule has 0 fully saturated rings. The minimum Gasteiger partial charge on any atom is -0.396 e. The first-order chi connectivity index (χ1) is 8.60. The number of rotatable bonds is 2. The highest BCUT2D eigenvalue weighted by Gasteiger charge is 2.09. The second-order valence-electron chi connectivity index (χ2n) is 3.41. The number of pyridine rings is 1. The number of nitriles is 1. The Labute approximate surface area is 106 Å². The summed E-state index contributed by atoms with van der Waals surface area (Å²) in [5.41, 5.74) is 6.30. The molecule has 2 aromatic rings. The zero-order valence-corrected chi connectivity index (χ0v) is 9.84. The largest absolute Gasteiger partial charge is 0.396 e. The summed E-state index contributed by atoms with van der Waals surface area (Å²) >= 11 is 0.982. The van der Waals surface area contributed by atoms with E-state index in [0.29, 0.717) is 10.6 Å². The van der Waals surface area contributed by atoms with Crippen LogP contribution in [0.5, 0.6) is 0 Å². The third-order valence-corrected chi connectivity index (χ3v) is 3.19. The van der Waals surface area contributed by atoms with Crippen molar-refractivity contribution in [3.05, 3.63) is 47.7 Å². The van der Waals surface area contributed by atoms with Gasteiger partial charge in [-0.1, -0.05) is 11.8 Å². The molecule has 3 nitrogen and oxygen atoms in total. The van der Waals surface area contributed by atoms with Crippen molar-refractivity contribution in [3.8, 4) is 6.07 Å². The van der Waals surface area contributed by atoms with Crippen LogP contribution in [0.15, 0.2) is 40.4 Å². The molecule has 90 valence electrons. The van der Waals surface area contributed by atoms with Crippen LogP contribution in [0.1, 0.15) is 5.56 Å². The van der Waals surface area contributed by atoms with Gasteiger partial charge in [0.25, 0.3) is 0 Å². The topological polar surface area (TPSA) is 62.7 Å². The Morgan fingerprint density at radius 3 is 2.67 bits per heavy atom. The lowest BCUT2D eigenvalue weighted by Gasteiger charge is -2.05. The average Bonchev–Trinajstić information content (AvgIpc) is 2.34. The van der Waals surface area contributed by atoms with E-state index in [1.54, 1.807) is 0 Å². The predicted molar refractivity (Wildman–Crippen MR) is 63.8 cm³/mol. The summed E-state index contributed by atoms with van der Waals surface area (Å²) in [7, 11) is 0. The molecule has 0 aliphatic rings. The van der Waals surface area contributed by atoms with Crippen LogP contribution >= 0.6 is 11.8 Å². The van der Waals surface area contributed by atoms with E-state index in [1.807, 2.05) is 6.07 Å². The molecule has 0 aliphatic carbocycles. The molecule has 0 unspecified atom stereocenters. The molecular formula is C12H7F2N3S. The Balaban J connectivity index is 2.32. The maximum absolute atomic E-state index is 13.4. The zero-order valence-electron chi connectivity index (χ0n) is 9.02. The molecule has 0 aliphatic heterocycles. The van der Waals surface area contributed by atoms with E-state index in [1.165, 1.54) is 18.3 Å². The molecule has 0 spiro atoms. The third-order valence-electron chi connectivity index (χ3n) is 2.11. The maximum atomic E-state index is 13.4. The Hall–Kier alpha value is -2.13. The van der Waals surface area contributed by atoms with Crippen LogP contribution in [0.3, 0.4) is 0 Å². The first-order valence-electron chi connectivity index (χ1n) is 4.88. The quantitative estimate of drug-likeness (QED) is 0.904. The number of hydrogen-bond donors (Lipinski definition) is 1. The molecule has 0 atom stereocenters. The molecule has 2 rings (SSSR count). The van der Waals surface area contributed by atoms with E-state index in [9.17, 15) is 8.78 Å². The second-order valence-corrected chi connectivity index (χ2v) is 4.44. The third kappa shape index (κ3) is 2.57. The van der Waals surface area contributed by atoms with Crippen molar-refractivity contribution in [2.45, 2.75) is 9.92 Å². The normalized spacial score (nSPS) is 10.1. The number of hydrogen-bond acceptors (Lipinski definition) is 4. The van der Waals surface area contributed by atoms with Crippen molar-refractivity contribution in [2.75, 3.05) is 5.73 Å². The summed E-state index contributed by atoms with van der Waals surface area (Å²) in [5.74, 6) is -1.32. The van der Waals surface area contributed by atoms with Gasteiger partial charge >= 0.3 is 0 Å². The summed E-state index contributed by atoms with van der Waals surface area (Å²) in [6, 6.07) is 6.62. The Kier molecular flexibility index (Phi) is 3.44. The second kappa shape index (κ2) is 5.02. The van der Waals surface area contributed by atoms with Crippen LogP contribution in [0.2, 0.25) is 0 Å². The molecule has 18 heavy (non-hydrogen) atoms. The molecule has 0 amide bonds. The highest BCUT2D eigenvalue weighted by Crippen LogP contribution is 2.32. The van der Waals surface area contributed by atoms with Gasteiger partial charge in [0.05, 0.1) is 11.3 Å². The van der Waals surface area contributed by atoms with Crippen LogP contribution in [0, 0.1) is 23.0 Å². The number of nitrogen functional groups attached to an aromatic ring is 1. The van der Waals surface area contributed by atoms with E-state index in [-0.39, 0.29) is 10.6 Å². The van der Waals surface area contributed by atoms with Crippen LogP contribution in [-0.4, -0.2) is 4.98 Å². The van der Waals surface area contributed by atoms with Gasteiger partial charge in [-0.2, -0.15) is 5.26 Å². The molecule has 2 N–H and O–H groups in total. The summed E-state index contributed by atoms with van der Waals surface area (Å²) in [6.07, 6.45) is 1.35. The van der Waals surface area contributed by atoms with Gasteiger partial charge in [0, 0.05) is 17.2 Å². The van der Waals surface area contributed by atoms with E-state index in [2.05, 4.69) is 4.98 Å². The van der Waals surface area contributed by atoms with E-state index in [0.717, 1.165) is 23.9 Å². The van der Waals surface area contributed by atoms with E-state index >= 15 is 0 Å². The maximum Gasteiger partial charge on any atom is 0.140 e. The minimum absolute atomic E-state index is 0.223. The van der Waals surface area contributed by atoms with Gasteiger partial charge in [-0.15, -0.1) is 0 Å². The molecule has 1 heterocycles. The number of benzene rings is 1. The molecule has 0 saturated heterocycles. The van der Waals surface area contributed by atoms with Crippen LogP contribution < -0.4 is 5.73 Å². The highest BCUT2D eigenvalue weighted by atomic mass is 32.2. The van der Waals surface area contributed by atoms with Gasteiger partial charge in [-0.3, -0.25) is 0 Å². The molecule has 1 aromatic heterocycles. The monoisotopic (exact) mass is 263 g/mol. The number of halogens is 2. The summed E-state index contributed by atoms with van der Waals surface area (Å²) in [6.45, 7) is 0. The van der Waals surface area contributed by atoms with Gasteiger partial charge < -0.3 is 5.73 Å². The average molecular weight is 263 g/mol. The molecule has 0 saturated carbocycles. The fourth-order valence-electron chi connectivity index (χ4n) is 1.28. The Morgan fingerprint density at radius 2 is 2.06 bits per heavy atom. The van der Waals surface area contributed by atoms with Crippen LogP contribution in [-0.2, 0) is 0 Å². The van der Waals surface area contributed by atoms with Crippen molar-refractivity contribution in [1.29, 1.82) is 5.26 Å². The zero-order chi connectivity index (χ0) is 13.1. The molecule has 1 aromatic carbocycles.